The lowest BCUT2D eigenvalue weighted by atomic mass is 10.1. The van der Waals surface area contributed by atoms with Crippen LogP contribution in [0.25, 0.3) is 0 Å². The molecule has 11 nitrogen and oxygen atoms in total. The van der Waals surface area contributed by atoms with Crippen LogP contribution in [0.5, 0.6) is 5.75 Å². The summed E-state index contributed by atoms with van der Waals surface area (Å²) in [7, 11) is -5.72. The molecule has 59 heavy (non-hydrogen) atoms. The lowest BCUT2D eigenvalue weighted by molar-refractivity contribution is 0.384. The van der Waals surface area contributed by atoms with Gasteiger partial charge >= 0.3 is 0 Å². The van der Waals surface area contributed by atoms with E-state index < -0.39 is 31.7 Å². The van der Waals surface area contributed by atoms with E-state index in [9.17, 15) is 25.6 Å². The third kappa shape index (κ3) is 10.2. The van der Waals surface area contributed by atoms with E-state index in [2.05, 4.69) is 34.2 Å². The summed E-state index contributed by atoms with van der Waals surface area (Å²) in [5.74, 6) is -0.267. The molecule has 0 aliphatic carbocycles. The Bertz CT molecular complexity index is 2590. The van der Waals surface area contributed by atoms with Crippen LogP contribution in [0.2, 0.25) is 0 Å². The molecule has 4 heterocycles. The van der Waals surface area contributed by atoms with Crippen molar-refractivity contribution in [1.82, 2.24) is 18.6 Å². The molecule has 17 heteroatoms. The van der Waals surface area contributed by atoms with Crippen LogP contribution in [0.1, 0.15) is 28.1 Å². The molecule has 2 fully saturated rings. The van der Waals surface area contributed by atoms with Crippen LogP contribution in [0.4, 0.5) is 19.0 Å². The Hall–Kier alpha value is -4.78. The van der Waals surface area contributed by atoms with Crippen LogP contribution in [-0.4, -0.2) is 94.9 Å². The van der Waals surface area contributed by atoms with Gasteiger partial charge in [-0.2, -0.15) is 8.61 Å². The van der Waals surface area contributed by atoms with Crippen molar-refractivity contribution in [3.05, 3.63) is 148 Å². The normalized spacial score (nSPS) is 15.5. The number of halogens is 2. The van der Waals surface area contributed by atoms with Gasteiger partial charge in [0, 0.05) is 81.5 Å². The second kappa shape index (κ2) is 18.6. The van der Waals surface area contributed by atoms with Gasteiger partial charge in [-0.25, -0.2) is 35.6 Å². The molecule has 0 amide bonds. The molecule has 2 aromatic heterocycles. The van der Waals surface area contributed by atoms with Crippen LogP contribution in [0.3, 0.4) is 0 Å². The number of rotatable bonds is 11. The van der Waals surface area contributed by atoms with Crippen LogP contribution in [-0.2, 0) is 32.9 Å². The summed E-state index contributed by atoms with van der Waals surface area (Å²) < 4.78 is 86.1. The fraction of sp³-hybridized carbons (Fsp3) is 0.286. The predicted molar refractivity (Wildman–Crippen MR) is 229 cm³/mol. The van der Waals surface area contributed by atoms with Crippen LogP contribution in [0, 0.1) is 18.6 Å². The topological polar surface area (TPSA) is 116 Å². The average molecular weight is 879 g/mol. The molecule has 0 saturated carbocycles. The lowest BCUT2D eigenvalue weighted by Crippen LogP contribution is -2.48. The molecule has 0 radical (unpaired) electrons. The fourth-order valence-electron chi connectivity index (χ4n) is 6.89. The van der Waals surface area contributed by atoms with Gasteiger partial charge in [-0.1, -0.05) is 54.6 Å². The first-order valence-electron chi connectivity index (χ1n) is 19.0. The Morgan fingerprint density at radius 3 is 1.49 bits per heavy atom. The number of thiazole rings is 2. The SMILES string of the molecule is COc1ccccc1Cc1csc(N2CCN(S(=O)(=O)c3cccc(F)c3)CC2)n1.Cc1ccccc1Cc1csc(N2CCN(S(=O)(=O)c3cccc(F)c3)CC2)n1. The summed E-state index contributed by atoms with van der Waals surface area (Å²) >= 11 is 3.14. The van der Waals surface area contributed by atoms with Gasteiger partial charge in [0.15, 0.2) is 10.3 Å². The standard InChI is InChI=1S/C21H22FN3O3S2.C21H22FN3O2S2/c1-28-20-8-3-2-5-16(20)13-18-15-29-21(23-18)24-9-11-25(12-10-24)30(26,27)19-7-4-6-17(22)14-19;1-16-5-2-3-6-17(16)13-19-15-28-21(23-19)24-9-11-25(12-10-24)29(26,27)20-8-4-7-18(22)14-20/h2-8,14-15H,9-13H2,1H3;2-8,14-15H,9-13H2,1H3. The van der Waals surface area contributed by atoms with E-state index in [1.807, 2.05) is 41.8 Å². The Morgan fingerprint density at radius 1 is 0.593 bits per heavy atom. The molecular formula is C42H44F2N6O5S4. The van der Waals surface area contributed by atoms with Gasteiger partial charge in [-0.15, -0.1) is 22.7 Å². The first-order valence-corrected chi connectivity index (χ1v) is 23.6. The number of nitrogens with zero attached hydrogens (tertiary/aromatic N) is 6. The summed E-state index contributed by atoms with van der Waals surface area (Å²) in [4.78, 5) is 13.7. The average Bonchev–Trinajstić information content (AvgIpc) is 3.92. The maximum Gasteiger partial charge on any atom is 0.243 e. The second-order valence-corrected chi connectivity index (χ2v) is 19.6. The maximum absolute atomic E-state index is 13.4. The van der Waals surface area contributed by atoms with Crippen LogP contribution < -0.4 is 14.5 Å². The number of aromatic nitrogens is 2. The van der Waals surface area contributed by atoms with Crippen molar-refractivity contribution in [2.24, 2.45) is 0 Å². The number of aryl methyl sites for hydroxylation is 1. The van der Waals surface area contributed by atoms with Gasteiger partial charge in [-0.05, 0) is 60.5 Å². The Labute approximate surface area is 352 Å². The fourth-order valence-corrected chi connectivity index (χ4v) is 11.6. The Kier molecular flexibility index (Phi) is 13.4. The van der Waals surface area contributed by atoms with Gasteiger partial charge in [0.2, 0.25) is 20.0 Å². The number of hydrogen-bond acceptors (Lipinski definition) is 11. The minimum atomic E-state index is -3.70. The van der Waals surface area contributed by atoms with Crippen molar-refractivity contribution < 1.29 is 30.4 Å². The van der Waals surface area contributed by atoms with Crippen LogP contribution in [0.15, 0.2) is 118 Å². The number of methoxy groups -OCH3 is 1. The van der Waals surface area contributed by atoms with Crippen molar-refractivity contribution in [2.75, 3.05) is 69.3 Å². The highest BCUT2D eigenvalue weighted by molar-refractivity contribution is 7.89. The lowest BCUT2D eigenvalue weighted by Gasteiger charge is -2.33. The molecule has 0 spiro atoms. The minimum absolute atomic E-state index is 0.000663. The largest absolute Gasteiger partial charge is 0.496 e. The molecule has 2 saturated heterocycles. The number of hydrogen-bond donors (Lipinski definition) is 0. The number of piperazine rings is 2. The highest BCUT2D eigenvalue weighted by Crippen LogP contribution is 2.29. The monoisotopic (exact) mass is 878 g/mol. The van der Waals surface area contributed by atoms with Crippen molar-refractivity contribution in [2.45, 2.75) is 29.6 Å². The molecule has 4 aromatic carbocycles. The number of benzene rings is 4. The summed E-state index contributed by atoms with van der Waals surface area (Å²) in [6.07, 6.45) is 1.46. The smallest absolute Gasteiger partial charge is 0.243 e. The van der Waals surface area contributed by atoms with Gasteiger partial charge in [0.25, 0.3) is 0 Å². The van der Waals surface area contributed by atoms with Crippen molar-refractivity contribution in [3.8, 4) is 5.75 Å². The molecule has 310 valence electrons. The molecule has 2 aliphatic rings. The van der Waals surface area contributed by atoms with Gasteiger partial charge < -0.3 is 14.5 Å². The van der Waals surface area contributed by atoms with Crippen molar-refractivity contribution >= 4 is 53.0 Å². The number of para-hydroxylation sites is 1. The minimum Gasteiger partial charge on any atom is -0.496 e. The highest BCUT2D eigenvalue weighted by atomic mass is 32.2. The quantitative estimate of drug-likeness (QED) is 0.135. The zero-order chi connectivity index (χ0) is 41.6. The zero-order valence-electron chi connectivity index (χ0n) is 32.6. The van der Waals surface area contributed by atoms with E-state index in [4.69, 9.17) is 14.7 Å². The maximum atomic E-state index is 13.4. The highest BCUT2D eigenvalue weighted by Gasteiger charge is 2.31. The van der Waals surface area contributed by atoms with Gasteiger partial charge in [0.05, 0.1) is 28.3 Å². The molecule has 0 unspecified atom stereocenters. The Morgan fingerprint density at radius 2 is 1.03 bits per heavy atom. The first-order chi connectivity index (χ1) is 28.4. The number of sulfonamides is 2. The zero-order valence-corrected chi connectivity index (χ0v) is 35.8. The number of ether oxygens (including phenoxy) is 1. The molecule has 8 rings (SSSR count). The van der Waals surface area contributed by atoms with E-state index in [0.29, 0.717) is 58.8 Å². The summed E-state index contributed by atoms with van der Waals surface area (Å²) in [6.45, 7) is 5.67. The molecule has 6 aromatic rings. The molecule has 0 bridgehead atoms. The predicted octanol–water partition coefficient (Wildman–Crippen LogP) is 7.08. The molecular weight excluding hydrogens is 835 g/mol. The van der Waals surface area contributed by atoms with E-state index in [-0.39, 0.29) is 9.79 Å². The first kappa shape index (κ1) is 42.3. The van der Waals surface area contributed by atoms with E-state index in [0.717, 1.165) is 51.5 Å². The van der Waals surface area contributed by atoms with Crippen molar-refractivity contribution in [3.63, 3.8) is 0 Å². The van der Waals surface area contributed by atoms with E-state index in [1.165, 1.54) is 56.1 Å². The molecule has 0 atom stereocenters. The summed E-state index contributed by atoms with van der Waals surface area (Å²) in [5, 5.41) is 5.88. The van der Waals surface area contributed by atoms with Crippen molar-refractivity contribution in [1.29, 1.82) is 0 Å². The number of anilines is 2. The second-order valence-electron chi connectivity index (χ2n) is 14.0. The molecule has 0 N–H and O–H groups in total. The third-order valence-corrected chi connectivity index (χ3v) is 15.9. The van der Waals surface area contributed by atoms with E-state index in [1.54, 1.807) is 29.8 Å². The van der Waals surface area contributed by atoms with Gasteiger partial charge in [0.1, 0.15) is 17.4 Å². The summed E-state index contributed by atoms with van der Waals surface area (Å²) in [6, 6.07) is 26.5. The molecule has 2 aliphatic heterocycles. The summed E-state index contributed by atoms with van der Waals surface area (Å²) in [5.41, 5.74) is 5.56. The van der Waals surface area contributed by atoms with Crippen LogP contribution >= 0.6 is 22.7 Å². The third-order valence-electron chi connectivity index (χ3n) is 10.2. The Balaban J connectivity index is 0.000000179. The van der Waals surface area contributed by atoms with E-state index >= 15 is 0 Å². The van der Waals surface area contributed by atoms with Gasteiger partial charge in [-0.3, -0.25) is 0 Å².